The number of hydrogen-bond donors (Lipinski definition) is 1. The monoisotopic (exact) mass is 322 g/mol. The third-order valence-electron chi connectivity index (χ3n) is 3.85. The fraction of sp³-hybridized carbons (Fsp3) is 0.529. The summed E-state index contributed by atoms with van der Waals surface area (Å²) in [4.78, 5) is 26.6. The second kappa shape index (κ2) is 6.69. The summed E-state index contributed by atoms with van der Waals surface area (Å²) in [5.41, 5.74) is 0.203. The highest BCUT2D eigenvalue weighted by molar-refractivity contribution is 6.33. The van der Waals surface area contributed by atoms with Crippen LogP contribution in [0.3, 0.4) is 0 Å². The van der Waals surface area contributed by atoms with Gasteiger partial charge in [0.15, 0.2) is 0 Å². The van der Waals surface area contributed by atoms with Gasteiger partial charge in [-0.25, -0.2) is 0 Å². The zero-order valence-corrected chi connectivity index (χ0v) is 14.1. The van der Waals surface area contributed by atoms with Crippen molar-refractivity contribution in [1.82, 2.24) is 4.90 Å². The van der Waals surface area contributed by atoms with Crippen LogP contribution in [0.15, 0.2) is 24.3 Å². The van der Waals surface area contributed by atoms with Crippen molar-refractivity contribution in [3.8, 4) is 0 Å². The van der Waals surface area contributed by atoms with Gasteiger partial charge in [0.25, 0.3) is 0 Å². The van der Waals surface area contributed by atoms with Crippen LogP contribution in [-0.4, -0.2) is 29.8 Å². The third-order valence-corrected chi connectivity index (χ3v) is 4.18. The van der Waals surface area contributed by atoms with E-state index in [0.29, 0.717) is 17.3 Å². The van der Waals surface area contributed by atoms with Crippen LogP contribution in [0.5, 0.6) is 0 Å². The van der Waals surface area contributed by atoms with Crippen LogP contribution in [0, 0.1) is 11.3 Å². The highest BCUT2D eigenvalue weighted by Gasteiger charge is 2.33. The smallest absolute Gasteiger partial charge is 0.229 e. The Bertz CT molecular complexity index is 566. The van der Waals surface area contributed by atoms with Gasteiger partial charge in [0.2, 0.25) is 11.8 Å². The Kier molecular flexibility index (Phi) is 5.12. The first-order valence-electron chi connectivity index (χ1n) is 7.64. The molecule has 5 heteroatoms. The zero-order valence-electron chi connectivity index (χ0n) is 13.4. The molecule has 120 valence electrons. The Labute approximate surface area is 136 Å². The summed E-state index contributed by atoms with van der Waals surface area (Å²) in [7, 11) is 0. The first-order valence-corrected chi connectivity index (χ1v) is 8.01. The predicted octanol–water partition coefficient (Wildman–Crippen LogP) is 3.56. The van der Waals surface area contributed by atoms with Crippen molar-refractivity contribution in [3.63, 3.8) is 0 Å². The van der Waals surface area contributed by atoms with Gasteiger partial charge in [-0.15, -0.1) is 0 Å². The number of para-hydroxylation sites is 1. The van der Waals surface area contributed by atoms with Gasteiger partial charge in [-0.05, 0) is 25.0 Å². The first kappa shape index (κ1) is 16.8. The summed E-state index contributed by atoms with van der Waals surface area (Å²) in [6.45, 7) is 6.92. The molecular formula is C17H23ClN2O2. The van der Waals surface area contributed by atoms with E-state index in [2.05, 4.69) is 5.32 Å². The highest BCUT2D eigenvalue weighted by Crippen LogP contribution is 2.26. The van der Waals surface area contributed by atoms with E-state index in [1.165, 1.54) is 0 Å². The van der Waals surface area contributed by atoms with Crippen molar-refractivity contribution < 1.29 is 9.59 Å². The van der Waals surface area contributed by atoms with Crippen molar-refractivity contribution in [2.75, 3.05) is 18.4 Å². The number of nitrogens with one attached hydrogen (secondary N) is 1. The molecule has 2 amide bonds. The fourth-order valence-corrected chi connectivity index (χ4v) is 2.83. The van der Waals surface area contributed by atoms with Crippen molar-refractivity contribution in [2.24, 2.45) is 11.3 Å². The molecule has 0 unspecified atom stereocenters. The van der Waals surface area contributed by atoms with Crippen LogP contribution in [0.25, 0.3) is 0 Å². The molecule has 2 rings (SSSR count). The number of hydrogen-bond acceptors (Lipinski definition) is 2. The lowest BCUT2D eigenvalue weighted by Gasteiger charge is -2.35. The number of likely N-dealkylation sites (tertiary alicyclic amines) is 1. The summed E-state index contributed by atoms with van der Waals surface area (Å²) in [6, 6.07) is 7.18. The van der Waals surface area contributed by atoms with Crippen LogP contribution in [0.4, 0.5) is 5.69 Å². The second-order valence-corrected chi connectivity index (χ2v) is 7.22. The average molecular weight is 323 g/mol. The Morgan fingerprint density at radius 2 is 1.95 bits per heavy atom. The molecule has 0 bridgehead atoms. The van der Waals surface area contributed by atoms with Crippen LogP contribution < -0.4 is 5.32 Å². The SMILES string of the molecule is CC(C)(C)C(=O)N1CCC[C@@H](C(=O)Nc2ccccc2Cl)C1. The largest absolute Gasteiger partial charge is 0.341 e. The third kappa shape index (κ3) is 4.01. The molecule has 4 nitrogen and oxygen atoms in total. The van der Waals surface area contributed by atoms with E-state index >= 15 is 0 Å². The average Bonchev–Trinajstić information content (AvgIpc) is 2.48. The summed E-state index contributed by atoms with van der Waals surface area (Å²) in [6.07, 6.45) is 1.65. The normalized spacial score (nSPS) is 18.9. The van der Waals surface area contributed by atoms with E-state index < -0.39 is 5.41 Å². The summed E-state index contributed by atoms with van der Waals surface area (Å²) < 4.78 is 0. The van der Waals surface area contributed by atoms with Crippen LogP contribution >= 0.6 is 11.6 Å². The van der Waals surface area contributed by atoms with Gasteiger partial charge in [0.05, 0.1) is 16.6 Å². The number of benzene rings is 1. The molecule has 0 radical (unpaired) electrons. The zero-order chi connectivity index (χ0) is 16.3. The number of halogens is 1. The van der Waals surface area contributed by atoms with E-state index in [9.17, 15) is 9.59 Å². The van der Waals surface area contributed by atoms with Gasteiger partial charge >= 0.3 is 0 Å². The number of rotatable bonds is 2. The Morgan fingerprint density at radius 3 is 2.59 bits per heavy atom. The number of carbonyl (C=O) groups is 2. The molecule has 0 saturated carbocycles. The highest BCUT2D eigenvalue weighted by atomic mass is 35.5. The van der Waals surface area contributed by atoms with E-state index in [-0.39, 0.29) is 17.7 Å². The lowest BCUT2D eigenvalue weighted by molar-refractivity contribution is -0.142. The fourth-order valence-electron chi connectivity index (χ4n) is 2.65. The van der Waals surface area contributed by atoms with Crippen molar-refractivity contribution >= 4 is 29.1 Å². The van der Waals surface area contributed by atoms with Gasteiger partial charge < -0.3 is 10.2 Å². The number of amides is 2. The molecule has 1 aromatic rings. The van der Waals surface area contributed by atoms with Gasteiger partial charge in [0.1, 0.15) is 0 Å². The maximum atomic E-state index is 12.4. The topological polar surface area (TPSA) is 49.4 Å². The number of anilines is 1. The number of piperidine rings is 1. The maximum Gasteiger partial charge on any atom is 0.229 e. The molecular weight excluding hydrogens is 300 g/mol. The standard InChI is InChI=1S/C17H23ClN2O2/c1-17(2,3)16(22)20-10-6-7-12(11-20)15(21)19-14-9-5-4-8-13(14)18/h4-5,8-9,12H,6-7,10-11H2,1-3H3,(H,19,21)/t12-/m1/s1. The minimum absolute atomic E-state index is 0.0699. The van der Waals surface area contributed by atoms with Crippen LogP contribution in [-0.2, 0) is 9.59 Å². The molecule has 1 heterocycles. The van der Waals surface area contributed by atoms with E-state index in [1.54, 1.807) is 17.0 Å². The minimum Gasteiger partial charge on any atom is -0.341 e. The van der Waals surface area contributed by atoms with Gasteiger partial charge in [-0.3, -0.25) is 9.59 Å². The minimum atomic E-state index is -0.416. The van der Waals surface area contributed by atoms with Crippen LogP contribution in [0.1, 0.15) is 33.6 Å². The molecule has 1 aliphatic rings. The first-order chi connectivity index (χ1) is 10.3. The predicted molar refractivity (Wildman–Crippen MR) is 88.8 cm³/mol. The Balaban J connectivity index is 2.02. The summed E-state index contributed by atoms with van der Waals surface area (Å²) in [5.74, 6) is -0.154. The van der Waals surface area contributed by atoms with Gasteiger partial charge in [0, 0.05) is 18.5 Å². The van der Waals surface area contributed by atoms with Gasteiger partial charge in [-0.1, -0.05) is 44.5 Å². The summed E-state index contributed by atoms with van der Waals surface area (Å²) >= 11 is 6.07. The number of nitrogens with zero attached hydrogens (tertiary/aromatic N) is 1. The molecule has 1 aromatic carbocycles. The lowest BCUT2D eigenvalue weighted by atomic mass is 9.91. The molecule has 22 heavy (non-hydrogen) atoms. The molecule has 1 atom stereocenters. The van der Waals surface area contributed by atoms with E-state index in [1.807, 2.05) is 32.9 Å². The quantitative estimate of drug-likeness (QED) is 0.905. The van der Waals surface area contributed by atoms with E-state index in [0.717, 1.165) is 19.4 Å². The Hall–Kier alpha value is -1.55. The molecule has 1 N–H and O–H groups in total. The van der Waals surface area contributed by atoms with E-state index in [4.69, 9.17) is 11.6 Å². The van der Waals surface area contributed by atoms with Crippen molar-refractivity contribution in [3.05, 3.63) is 29.3 Å². The molecule has 1 aliphatic heterocycles. The van der Waals surface area contributed by atoms with Crippen LogP contribution in [0.2, 0.25) is 5.02 Å². The lowest BCUT2D eigenvalue weighted by Crippen LogP contribution is -2.47. The second-order valence-electron chi connectivity index (χ2n) is 6.81. The Morgan fingerprint density at radius 1 is 1.27 bits per heavy atom. The number of carbonyl (C=O) groups excluding carboxylic acids is 2. The summed E-state index contributed by atoms with van der Waals surface area (Å²) in [5, 5.41) is 3.39. The molecule has 0 spiro atoms. The molecule has 0 aliphatic carbocycles. The van der Waals surface area contributed by atoms with Crippen molar-refractivity contribution in [1.29, 1.82) is 0 Å². The molecule has 1 fully saturated rings. The maximum absolute atomic E-state index is 12.4. The molecule has 1 saturated heterocycles. The molecule has 0 aromatic heterocycles. The van der Waals surface area contributed by atoms with Crippen molar-refractivity contribution in [2.45, 2.75) is 33.6 Å². The van der Waals surface area contributed by atoms with Gasteiger partial charge in [-0.2, -0.15) is 0 Å².